The zero-order valence-electron chi connectivity index (χ0n) is 26.3. The Balaban J connectivity index is 1.45. The Labute approximate surface area is 284 Å². The molecule has 0 aliphatic rings. The summed E-state index contributed by atoms with van der Waals surface area (Å²) in [7, 11) is 0. The summed E-state index contributed by atoms with van der Waals surface area (Å²) >= 11 is 6.03. The predicted molar refractivity (Wildman–Crippen MR) is 182 cm³/mol. The number of Topliss-reactive ketones (excluding diaryl/α,β-unsaturated/α-hetero) is 1. The number of hydrogen-bond donors (Lipinski definition) is 2. The van der Waals surface area contributed by atoms with Crippen LogP contribution in [0.1, 0.15) is 28.7 Å². The van der Waals surface area contributed by atoms with Crippen molar-refractivity contribution in [2.24, 2.45) is 0 Å². The highest BCUT2D eigenvalue weighted by Gasteiger charge is 2.29. The van der Waals surface area contributed by atoms with Gasteiger partial charge >= 0.3 is 12.1 Å². The molecule has 10 nitrogen and oxygen atoms in total. The second kappa shape index (κ2) is 18.6. The minimum absolute atomic E-state index is 0.0164. The third-order valence-corrected chi connectivity index (χ3v) is 7.51. The van der Waals surface area contributed by atoms with E-state index in [4.69, 9.17) is 16.3 Å². The first kappa shape index (κ1) is 35.4. The van der Waals surface area contributed by atoms with E-state index in [0.29, 0.717) is 17.0 Å². The van der Waals surface area contributed by atoms with Gasteiger partial charge in [-0.25, -0.2) is 9.59 Å². The number of hydrogen-bond acceptors (Lipinski definition) is 6. The summed E-state index contributed by atoms with van der Waals surface area (Å²) in [4.78, 5) is 68.0. The van der Waals surface area contributed by atoms with E-state index >= 15 is 0 Å². The number of carbonyl (C=O) groups is 5. The van der Waals surface area contributed by atoms with Gasteiger partial charge in [-0.15, -0.1) is 0 Å². The van der Waals surface area contributed by atoms with E-state index in [9.17, 15) is 24.0 Å². The van der Waals surface area contributed by atoms with Crippen LogP contribution in [-0.2, 0) is 45.2 Å². The van der Waals surface area contributed by atoms with Gasteiger partial charge in [0.15, 0.2) is 0 Å². The van der Waals surface area contributed by atoms with E-state index in [1.165, 1.54) is 4.90 Å². The maximum absolute atomic E-state index is 14.1. The number of urea groups is 1. The Hall–Kier alpha value is -5.48. The van der Waals surface area contributed by atoms with E-state index in [1.807, 2.05) is 66.7 Å². The van der Waals surface area contributed by atoms with Gasteiger partial charge in [0.05, 0.1) is 6.54 Å². The van der Waals surface area contributed by atoms with Crippen LogP contribution in [0.15, 0.2) is 115 Å². The van der Waals surface area contributed by atoms with Crippen molar-refractivity contribution in [3.05, 3.63) is 143 Å². The minimum Gasteiger partial charge on any atom is -0.445 e. The first-order valence-electron chi connectivity index (χ1n) is 15.5. The Bertz CT molecular complexity index is 1650. The van der Waals surface area contributed by atoms with Crippen molar-refractivity contribution < 1.29 is 28.7 Å². The van der Waals surface area contributed by atoms with Gasteiger partial charge < -0.3 is 20.3 Å². The number of carbonyl (C=O) groups excluding carboxylic acids is 5. The predicted octanol–water partition coefficient (Wildman–Crippen LogP) is 5.54. The molecule has 2 N–H and O–H groups in total. The molecule has 4 aromatic rings. The second-order valence-electron chi connectivity index (χ2n) is 10.9. The van der Waals surface area contributed by atoms with Gasteiger partial charge in [0, 0.05) is 37.6 Å². The van der Waals surface area contributed by atoms with Crippen molar-refractivity contribution >= 4 is 41.3 Å². The van der Waals surface area contributed by atoms with Gasteiger partial charge in [0.1, 0.15) is 6.61 Å². The van der Waals surface area contributed by atoms with Crippen LogP contribution < -0.4 is 10.6 Å². The van der Waals surface area contributed by atoms with Gasteiger partial charge in [0.2, 0.25) is 11.7 Å². The third-order valence-electron chi connectivity index (χ3n) is 7.26. The highest BCUT2D eigenvalue weighted by molar-refractivity contribution is 6.37. The molecular formula is C37H37ClN4O6. The molecule has 0 fully saturated rings. The maximum Gasteiger partial charge on any atom is 0.407 e. The molecule has 4 aromatic carbocycles. The number of nitrogens with zero attached hydrogens (tertiary/aromatic N) is 2. The zero-order valence-corrected chi connectivity index (χ0v) is 27.1. The lowest BCUT2D eigenvalue weighted by molar-refractivity contribution is -0.138. The summed E-state index contributed by atoms with van der Waals surface area (Å²) in [5, 5.41) is 5.69. The van der Waals surface area contributed by atoms with E-state index < -0.39 is 36.3 Å². The molecule has 11 heteroatoms. The van der Waals surface area contributed by atoms with Crippen LogP contribution in [0.5, 0.6) is 0 Å². The molecule has 248 valence electrons. The van der Waals surface area contributed by atoms with E-state index in [0.717, 1.165) is 21.6 Å². The lowest BCUT2D eigenvalue weighted by Crippen LogP contribution is -2.50. The highest BCUT2D eigenvalue weighted by atomic mass is 35.5. The summed E-state index contributed by atoms with van der Waals surface area (Å²) < 4.78 is 5.22. The molecule has 48 heavy (non-hydrogen) atoms. The number of amides is 5. The number of ketones is 1. The van der Waals surface area contributed by atoms with Gasteiger partial charge in [-0.3, -0.25) is 19.3 Å². The molecule has 0 saturated carbocycles. The number of halogens is 1. The second-order valence-corrected chi connectivity index (χ2v) is 11.3. The average molecular weight is 669 g/mol. The van der Waals surface area contributed by atoms with Crippen LogP contribution in [0.3, 0.4) is 0 Å². The molecule has 0 heterocycles. The molecule has 0 aliphatic heterocycles. The Kier molecular flexibility index (Phi) is 13.7. The lowest BCUT2D eigenvalue weighted by atomic mass is 10.1. The van der Waals surface area contributed by atoms with Crippen LogP contribution in [0, 0.1) is 0 Å². The Morgan fingerprint density at radius 1 is 0.667 bits per heavy atom. The molecule has 0 radical (unpaired) electrons. The third kappa shape index (κ3) is 11.7. The number of imide groups is 1. The van der Waals surface area contributed by atoms with Crippen molar-refractivity contribution in [2.75, 3.05) is 19.6 Å². The van der Waals surface area contributed by atoms with Gasteiger partial charge in [-0.05, 0) is 40.8 Å². The number of benzene rings is 4. The van der Waals surface area contributed by atoms with E-state index in [1.54, 1.807) is 48.5 Å². The number of rotatable bonds is 15. The quantitative estimate of drug-likeness (QED) is 0.160. The summed E-state index contributed by atoms with van der Waals surface area (Å²) in [6.45, 7) is -0.471. The highest BCUT2D eigenvalue weighted by Crippen LogP contribution is 2.14. The van der Waals surface area contributed by atoms with Gasteiger partial charge in [-0.1, -0.05) is 115 Å². The van der Waals surface area contributed by atoms with Gasteiger partial charge in [0.25, 0.3) is 5.91 Å². The smallest absolute Gasteiger partial charge is 0.407 e. The molecule has 0 unspecified atom stereocenters. The fraction of sp³-hybridized carbons (Fsp3) is 0.216. The number of alkyl carbamates (subject to hydrolysis) is 1. The first-order valence-corrected chi connectivity index (χ1v) is 15.8. The van der Waals surface area contributed by atoms with Gasteiger partial charge in [-0.2, -0.15) is 0 Å². The van der Waals surface area contributed by atoms with Crippen LogP contribution in [0.2, 0.25) is 5.02 Å². The molecule has 0 spiro atoms. The molecule has 0 bridgehead atoms. The van der Waals surface area contributed by atoms with E-state index in [2.05, 4.69) is 10.6 Å². The van der Waals surface area contributed by atoms with E-state index in [-0.39, 0.29) is 39.2 Å². The first-order chi connectivity index (χ1) is 23.3. The molecule has 0 saturated heterocycles. The molecule has 0 aromatic heterocycles. The Morgan fingerprint density at radius 3 is 1.88 bits per heavy atom. The van der Waals surface area contributed by atoms with Crippen molar-refractivity contribution in [1.29, 1.82) is 0 Å². The normalized spacial score (nSPS) is 10.4. The average Bonchev–Trinajstić information content (AvgIpc) is 3.11. The van der Waals surface area contributed by atoms with Crippen LogP contribution in [0.4, 0.5) is 9.59 Å². The Morgan fingerprint density at radius 2 is 1.25 bits per heavy atom. The standard InChI is InChI=1S/C37H37ClN4O6/c38-32-18-16-28(17-19-32)21-23-42(34(44)20-22-39-36(46)48-27-31-14-8-3-9-15-31)37(47)41(25-30-12-6-2-7-13-30)26-33(43)35(45)40-24-29-10-4-1-5-11-29/h1-19H,20-27H2,(H,39,46)(H,40,45). The van der Waals surface area contributed by atoms with Crippen LogP contribution >= 0.6 is 11.6 Å². The molecule has 4 rings (SSSR count). The summed E-state index contributed by atoms with van der Waals surface area (Å²) in [5.41, 5.74) is 3.16. The van der Waals surface area contributed by atoms with Crippen molar-refractivity contribution in [1.82, 2.24) is 20.4 Å². The summed E-state index contributed by atoms with van der Waals surface area (Å²) in [6, 6.07) is 33.5. The zero-order chi connectivity index (χ0) is 34.1. The fourth-order valence-corrected chi connectivity index (χ4v) is 4.81. The topological polar surface area (TPSA) is 125 Å². The summed E-state index contributed by atoms with van der Waals surface area (Å²) in [5.74, 6) is -2.25. The molecule has 0 aliphatic carbocycles. The molecular weight excluding hydrogens is 632 g/mol. The SMILES string of the molecule is O=C(NCCC(=O)N(CCc1ccc(Cl)cc1)C(=O)N(CC(=O)C(=O)NCc1ccccc1)Cc1ccccc1)OCc1ccccc1. The minimum atomic E-state index is -0.845. The molecule has 0 atom stereocenters. The maximum atomic E-state index is 14.1. The number of ether oxygens (including phenoxy) is 1. The van der Waals surface area contributed by atoms with Crippen LogP contribution in [0.25, 0.3) is 0 Å². The van der Waals surface area contributed by atoms with Crippen molar-refractivity contribution in [2.45, 2.75) is 32.5 Å². The van der Waals surface area contributed by atoms with Crippen LogP contribution in [-0.4, -0.2) is 59.2 Å². The fourth-order valence-electron chi connectivity index (χ4n) is 4.69. The monoisotopic (exact) mass is 668 g/mol. The van der Waals surface area contributed by atoms with Crippen molar-refractivity contribution in [3.63, 3.8) is 0 Å². The lowest BCUT2D eigenvalue weighted by Gasteiger charge is -2.29. The number of nitrogens with one attached hydrogen (secondary N) is 2. The summed E-state index contributed by atoms with van der Waals surface area (Å²) in [6.07, 6.45) is -0.605. The molecule has 5 amide bonds. The van der Waals surface area contributed by atoms with Crippen molar-refractivity contribution in [3.8, 4) is 0 Å². The largest absolute Gasteiger partial charge is 0.445 e.